The normalized spacial score (nSPS) is 14.4. The minimum atomic E-state index is -0.432. The lowest BCUT2D eigenvalue weighted by molar-refractivity contribution is -0.384. The van der Waals surface area contributed by atoms with Gasteiger partial charge >= 0.3 is 0 Å². The van der Waals surface area contributed by atoms with Crippen molar-refractivity contribution in [1.82, 2.24) is 15.5 Å². The van der Waals surface area contributed by atoms with Crippen molar-refractivity contribution in [3.63, 3.8) is 0 Å². The van der Waals surface area contributed by atoms with E-state index >= 15 is 0 Å². The van der Waals surface area contributed by atoms with Crippen LogP contribution < -0.4 is 16.0 Å². The number of halogens is 1. The van der Waals surface area contributed by atoms with E-state index < -0.39 is 4.92 Å². The second-order valence-electron chi connectivity index (χ2n) is 5.75. The minimum Gasteiger partial charge on any atom is -0.379 e. The molecule has 0 aliphatic carbocycles. The second-order valence-corrected chi connectivity index (χ2v) is 5.75. The summed E-state index contributed by atoms with van der Waals surface area (Å²) in [4.78, 5) is 24.7. The fraction of sp³-hybridized carbons (Fsp3) is 0.562. The van der Waals surface area contributed by atoms with Crippen LogP contribution in [0.5, 0.6) is 0 Å². The highest BCUT2D eigenvalue weighted by molar-refractivity contribution is 5.85. The van der Waals surface area contributed by atoms with E-state index in [2.05, 4.69) is 20.9 Å². The number of carbonyl (C=O) groups is 1. The summed E-state index contributed by atoms with van der Waals surface area (Å²) in [5.41, 5.74) is 0.461. The SMILES string of the molecule is Cl.O=C(CCNc1ccccc1[N+](=O)[O-])NCCCN1CCNCC1. The third kappa shape index (κ3) is 7.68. The summed E-state index contributed by atoms with van der Waals surface area (Å²) in [5.74, 6) is -0.0404. The molecule has 9 heteroatoms. The van der Waals surface area contributed by atoms with E-state index in [-0.39, 0.29) is 24.0 Å². The van der Waals surface area contributed by atoms with Crippen LogP contribution in [0.15, 0.2) is 24.3 Å². The Labute approximate surface area is 153 Å². The Balaban J connectivity index is 0.00000312. The van der Waals surface area contributed by atoms with Crippen molar-refractivity contribution in [2.75, 3.05) is 51.1 Å². The number of benzene rings is 1. The van der Waals surface area contributed by atoms with Crippen LogP contribution in [0.25, 0.3) is 0 Å². The van der Waals surface area contributed by atoms with Crippen molar-refractivity contribution in [3.8, 4) is 0 Å². The van der Waals surface area contributed by atoms with Gasteiger partial charge in [0.05, 0.1) is 4.92 Å². The zero-order chi connectivity index (χ0) is 17.2. The van der Waals surface area contributed by atoms with Crippen molar-refractivity contribution >= 4 is 29.7 Å². The lowest BCUT2D eigenvalue weighted by Gasteiger charge is -2.27. The highest BCUT2D eigenvalue weighted by Gasteiger charge is 2.12. The van der Waals surface area contributed by atoms with Crippen molar-refractivity contribution in [2.45, 2.75) is 12.8 Å². The van der Waals surface area contributed by atoms with Gasteiger partial charge in [0.1, 0.15) is 5.69 Å². The number of para-hydroxylation sites is 2. The molecule has 3 N–H and O–H groups in total. The minimum absolute atomic E-state index is 0. The van der Waals surface area contributed by atoms with Crippen molar-refractivity contribution in [3.05, 3.63) is 34.4 Å². The number of amides is 1. The number of nitro benzene ring substituents is 1. The van der Waals surface area contributed by atoms with Crippen LogP contribution in [0.3, 0.4) is 0 Å². The first-order chi connectivity index (χ1) is 11.7. The Morgan fingerprint density at radius 1 is 1.24 bits per heavy atom. The molecule has 0 aromatic heterocycles. The van der Waals surface area contributed by atoms with Gasteiger partial charge in [0.15, 0.2) is 0 Å². The zero-order valence-electron chi connectivity index (χ0n) is 14.2. The number of nitro groups is 1. The van der Waals surface area contributed by atoms with Crippen molar-refractivity contribution in [1.29, 1.82) is 0 Å². The van der Waals surface area contributed by atoms with Gasteiger partial charge < -0.3 is 20.9 Å². The van der Waals surface area contributed by atoms with E-state index in [9.17, 15) is 14.9 Å². The maximum Gasteiger partial charge on any atom is 0.292 e. The fourth-order valence-electron chi connectivity index (χ4n) is 2.65. The van der Waals surface area contributed by atoms with E-state index in [0.29, 0.717) is 25.2 Å². The molecule has 0 saturated carbocycles. The molecule has 1 amide bonds. The molecule has 1 saturated heterocycles. The van der Waals surface area contributed by atoms with E-state index in [1.165, 1.54) is 6.07 Å². The van der Waals surface area contributed by atoms with Crippen LogP contribution in [-0.4, -0.2) is 61.5 Å². The Hall–Kier alpha value is -1.90. The molecule has 1 aliphatic rings. The fourth-order valence-corrected chi connectivity index (χ4v) is 2.65. The van der Waals surface area contributed by atoms with Crippen LogP contribution in [0.1, 0.15) is 12.8 Å². The van der Waals surface area contributed by atoms with Crippen molar-refractivity contribution in [2.24, 2.45) is 0 Å². The second kappa shape index (κ2) is 11.6. The first-order valence-corrected chi connectivity index (χ1v) is 8.34. The predicted molar refractivity (Wildman–Crippen MR) is 100 cm³/mol. The van der Waals surface area contributed by atoms with Gasteiger partial charge in [0, 0.05) is 51.8 Å². The van der Waals surface area contributed by atoms with Gasteiger partial charge in [0.2, 0.25) is 5.91 Å². The Morgan fingerprint density at radius 2 is 1.96 bits per heavy atom. The molecule has 1 aromatic rings. The molecule has 0 unspecified atom stereocenters. The number of nitrogens with zero attached hydrogens (tertiary/aromatic N) is 2. The Kier molecular flexibility index (Phi) is 9.83. The molecule has 0 radical (unpaired) electrons. The molecule has 0 bridgehead atoms. The lowest BCUT2D eigenvalue weighted by Crippen LogP contribution is -2.44. The van der Waals surface area contributed by atoms with E-state index in [1.807, 2.05) is 0 Å². The predicted octanol–water partition coefficient (Wildman–Crippen LogP) is 1.23. The van der Waals surface area contributed by atoms with E-state index in [0.717, 1.165) is 39.1 Å². The van der Waals surface area contributed by atoms with E-state index in [1.54, 1.807) is 18.2 Å². The van der Waals surface area contributed by atoms with Crippen LogP contribution in [0.4, 0.5) is 11.4 Å². The average Bonchev–Trinajstić information content (AvgIpc) is 2.60. The maximum absolute atomic E-state index is 11.8. The number of anilines is 1. The van der Waals surface area contributed by atoms with Gasteiger partial charge in [-0.1, -0.05) is 12.1 Å². The summed E-state index contributed by atoms with van der Waals surface area (Å²) in [6, 6.07) is 6.43. The lowest BCUT2D eigenvalue weighted by atomic mass is 10.2. The van der Waals surface area contributed by atoms with Gasteiger partial charge in [-0.05, 0) is 19.0 Å². The average molecular weight is 372 g/mol. The molecule has 1 aromatic carbocycles. The molecular formula is C16H26ClN5O3. The molecule has 1 aliphatic heterocycles. The Bertz CT molecular complexity index is 552. The summed E-state index contributed by atoms with van der Waals surface area (Å²) in [6.07, 6.45) is 1.23. The first kappa shape index (κ1) is 21.1. The number of piperazine rings is 1. The molecule has 2 rings (SSSR count). The maximum atomic E-state index is 11.8. The smallest absolute Gasteiger partial charge is 0.292 e. The van der Waals surface area contributed by atoms with Crippen LogP contribution >= 0.6 is 12.4 Å². The van der Waals surface area contributed by atoms with Crippen molar-refractivity contribution < 1.29 is 9.72 Å². The Morgan fingerprint density at radius 3 is 2.68 bits per heavy atom. The molecule has 25 heavy (non-hydrogen) atoms. The third-order valence-corrected chi connectivity index (χ3v) is 3.95. The first-order valence-electron chi connectivity index (χ1n) is 8.34. The topological polar surface area (TPSA) is 99.5 Å². The van der Waals surface area contributed by atoms with Gasteiger partial charge in [-0.25, -0.2) is 0 Å². The standard InChI is InChI=1S/C16H25N5O3.ClH/c22-16(19-7-3-11-20-12-9-17-10-13-20)6-8-18-14-4-1-2-5-15(14)21(23)24;/h1-2,4-5,17-18H,3,6-13H2,(H,19,22);1H. The quantitative estimate of drug-likeness (QED) is 0.343. The molecule has 140 valence electrons. The molecule has 1 fully saturated rings. The largest absolute Gasteiger partial charge is 0.379 e. The van der Waals surface area contributed by atoms with Crippen LogP contribution in [0.2, 0.25) is 0 Å². The number of rotatable bonds is 9. The van der Waals surface area contributed by atoms with Gasteiger partial charge in [-0.15, -0.1) is 12.4 Å². The van der Waals surface area contributed by atoms with E-state index in [4.69, 9.17) is 0 Å². The summed E-state index contributed by atoms with van der Waals surface area (Å²) >= 11 is 0. The molecular weight excluding hydrogens is 346 g/mol. The van der Waals surface area contributed by atoms with Gasteiger partial charge in [-0.2, -0.15) is 0 Å². The van der Waals surface area contributed by atoms with Gasteiger partial charge in [-0.3, -0.25) is 14.9 Å². The summed E-state index contributed by atoms with van der Waals surface area (Å²) in [5, 5.41) is 20.1. The van der Waals surface area contributed by atoms with Crippen LogP contribution in [0, 0.1) is 10.1 Å². The monoisotopic (exact) mass is 371 g/mol. The number of hydrogen-bond donors (Lipinski definition) is 3. The molecule has 1 heterocycles. The molecule has 8 nitrogen and oxygen atoms in total. The highest BCUT2D eigenvalue weighted by atomic mass is 35.5. The van der Waals surface area contributed by atoms with Crippen LogP contribution in [-0.2, 0) is 4.79 Å². The number of nitrogens with one attached hydrogen (secondary N) is 3. The summed E-state index contributed by atoms with van der Waals surface area (Å²) in [6.45, 7) is 6.22. The molecule has 0 atom stereocenters. The number of carbonyl (C=O) groups excluding carboxylic acids is 1. The highest BCUT2D eigenvalue weighted by Crippen LogP contribution is 2.22. The third-order valence-electron chi connectivity index (χ3n) is 3.95. The van der Waals surface area contributed by atoms with Gasteiger partial charge in [0.25, 0.3) is 5.69 Å². The molecule has 0 spiro atoms. The number of hydrogen-bond acceptors (Lipinski definition) is 6. The zero-order valence-corrected chi connectivity index (χ0v) is 15.0. The summed E-state index contributed by atoms with van der Waals surface area (Å²) in [7, 11) is 0. The summed E-state index contributed by atoms with van der Waals surface area (Å²) < 4.78 is 0.